The van der Waals surface area contributed by atoms with Crippen molar-refractivity contribution < 1.29 is 9.53 Å². The molecule has 2 N–H and O–H groups in total. The number of carbonyl (C=O) groups excluding carboxylic acids is 1. The number of carbonyl (C=O) groups is 1. The molecule has 0 bridgehead atoms. The Morgan fingerprint density at radius 1 is 1.44 bits per heavy atom. The van der Waals surface area contributed by atoms with E-state index in [9.17, 15) is 4.79 Å². The Kier molecular flexibility index (Phi) is 4.35. The molecule has 0 atom stereocenters. The predicted molar refractivity (Wildman–Crippen MR) is 67.5 cm³/mol. The lowest BCUT2D eigenvalue weighted by molar-refractivity contribution is 0.0460. The first-order valence-corrected chi connectivity index (χ1v) is 6.17. The zero-order chi connectivity index (χ0) is 12.2. The van der Waals surface area contributed by atoms with E-state index in [1.54, 1.807) is 0 Å². The number of alkyl halides is 1. The minimum absolute atomic E-state index is 0.573. The topological polar surface area (TPSA) is 52.3 Å². The molecule has 0 aromatic heterocycles. The summed E-state index contributed by atoms with van der Waals surface area (Å²) in [5.74, 6) is 0. The zero-order valence-electron chi connectivity index (χ0n) is 9.50. The number of nitrogens with two attached hydrogens (primary N) is 1. The van der Waals surface area contributed by atoms with Crippen LogP contribution < -0.4 is 5.73 Å². The highest BCUT2D eigenvalue weighted by Gasteiger charge is 2.22. The first-order valence-electron chi connectivity index (χ1n) is 5.05. The molecule has 1 rings (SSSR count). The molecule has 0 aliphatic rings. The van der Waals surface area contributed by atoms with E-state index in [0.29, 0.717) is 6.42 Å². The van der Waals surface area contributed by atoms with E-state index in [1.807, 2.05) is 32.0 Å². The Balaban J connectivity index is 2.75. The first kappa shape index (κ1) is 13.0. The van der Waals surface area contributed by atoms with Crippen LogP contribution in [0.1, 0.15) is 25.0 Å². The molecule has 0 spiro atoms. The summed E-state index contributed by atoms with van der Waals surface area (Å²) < 4.78 is 5.04. The number of rotatable bonds is 4. The summed E-state index contributed by atoms with van der Waals surface area (Å²) in [5.41, 5.74) is 6.78. The lowest BCUT2D eigenvalue weighted by Gasteiger charge is -2.24. The van der Waals surface area contributed by atoms with Gasteiger partial charge >= 0.3 is 6.09 Å². The molecule has 0 fully saturated rings. The summed E-state index contributed by atoms with van der Waals surface area (Å²) in [4.78, 5) is 10.7. The molecule has 88 valence electrons. The Labute approximate surface area is 104 Å². The number of benzene rings is 1. The highest BCUT2D eigenvalue weighted by molar-refractivity contribution is 9.08. The quantitative estimate of drug-likeness (QED) is 0.865. The third-order valence-corrected chi connectivity index (χ3v) is 2.80. The molecule has 1 aromatic rings. The van der Waals surface area contributed by atoms with Crippen molar-refractivity contribution in [2.24, 2.45) is 5.73 Å². The minimum atomic E-state index is -0.735. The summed E-state index contributed by atoms with van der Waals surface area (Å²) >= 11 is 3.41. The van der Waals surface area contributed by atoms with E-state index in [-0.39, 0.29) is 0 Å². The third-order valence-electron chi connectivity index (χ3n) is 2.15. The Morgan fingerprint density at radius 3 is 2.62 bits per heavy atom. The fourth-order valence-corrected chi connectivity index (χ4v) is 1.97. The highest BCUT2D eigenvalue weighted by Crippen LogP contribution is 2.18. The smallest absolute Gasteiger partial charge is 0.405 e. The van der Waals surface area contributed by atoms with E-state index in [4.69, 9.17) is 10.5 Å². The molecule has 0 heterocycles. The number of ether oxygens (including phenoxy) is 1. The van der Waals surface area contributed by atoms with Gasteiger partial charge in [-0.2, -0.15) is 0 Å². The summed E-state index contributed by atoms with van der Waals surface area (Å²) in [7, 11) is 0. The van der Waals surface area contributed by atoms with Gasteiger partial charge in [-0.3, -0.25) is 0 Å². The van der Waals surface area contributed by atoms with Crippen LogP contribution in [-0.2, 0) is 16.5 Å². The van der Waals surface area contributed by atoms with Crippen LogP contribution in [0.4, 0.5) is 4.79 Å². The van der Waals surface area contributed by atoms with Gasteiger partial charge in [-0.1, -0.05) is 40.2 Å². The molecule has 3 nitrogen and oxygen atoms in total. The third kappa shape index (κ3) is 4.23. The van der Waals surface area contributed by atoms with E-state index >= 15 is 0 Å². The van der Waals surface area contributed by atoms with Crippen molar-refractivity contribution in [3.63, 3.8) is 0 Å². The predicted octanol–water partition coefficient (Wildman–Crippen LogP) is 3.00. The van der Waals surface area contributed by atoms with Crippen molar-refractivity contribution >= 4 is 22.0 Å². The van der Waals surface area contributed by atoms with Gasteiger partial charge in [-0.15, -0.1) is 0 Å². The molecule has 1 amide bonds. The second-order valence-electron chi connectivity index (χ2n) is 4.31. The van der Waals surface area contributed by atoms with E-state index in [1.165, 1.54) is 5.56 Å². The number of primary amides is 1. The molecule has 0 unspecified atom stereocenters. The average Bonchev–Trinajstić information content (AvgIpc) is 2.15. The first-order chi connectivity index (χ1) is 7.43. The van der Waals surface area contributed by atoms with Crippen LogP contribution in [0.5, 0.6) is 0 Å². The lowest BCUT2D eigenvalue weighted by Crippen LogP contribution is -2.33. The zero-order valence-corrected chi connectivity index (χ0v) is 11.1. The maximum absolute atomic E-state index is 10.7. The van der Waals surface area contributed by atoms with Crippen LogP contribution in [0.3, 0.4) is 0 Å². The van der Waals surface area contributed by atoms with Gasteiger partial charge in [0.25, 0.3) is 0 Å². The molecule has 16 heavy (non-hydrogen) atoms. The fraction of sp³-hybridized carbons (Fsp3) is 0.417. The van der Waals surface area contributed by atoms with Crippen molar-refractivity contribution in [1.82, 2.24) is 0 Å². The van der Waals surface area contributed by atoms with Crippen LogP contribution in [0.2, 0.25) is 0 Å². The minimum Gasteiger partial charge on any atom is -0.443 e. The molecule has 0 saturated heterocycles. The van der Waals surface area contributed by atoms with Crippen LogP contribution in [-0.4, -0.2) is 11.7 Å². The van der Waals surface area contributed by atoms with Gasteiger partial charge in [0.2, 0.25) is 0 Å². The Hall–Kier alpha value is -1.03. The SMILES string of the molecule is CC(C)(Cc1cccc(CBr)c1)OC(N)=O. The number of hydrogen-bond acceptors (Lipinski definition) is 2. The summed E-state index contributed by atoms with van der Waals surface area (Å²) in [6.45, 7) is 3.69. The van der Waals surface area contributed by atoms with Crippen molar-refractivity contribution in [3.8, 4) is 0 Å². The molecule has 0 aliphatic carbocycles. The van der Waals surface area contributed by atoms with Gasteiger partial charge in [0.1, 0.15) is 5.60 Å². The Bertz CT molecular complexity index is 377. The second-order valence-corrected chi connectivity index (χ2v) is 4.87. The lowest BCUT2D eigenvalue weighted by atomic mass is 9.97. The van der Waals surface area contributed by atoms with Crippen molar-refractivity contribution in [1.29, 1.82) is 0 Å². The van der Waals surface area contributed by atoms with Gasteiger partial charge in [0.05, 0.1) is 0 Å². The fourth-order valence-electron chi connectivity index (χ4n) is 1.62. The maximum atomic E-state index is 10.7. The molecular weight excluding hydrogens is 270 g/mol. The molecule has 1 aromatic carbocycles. The standard InChI is InChI=1S/C12H16BrNO2/c1-12(2,16-11(14)15)7-9-4-3-5-10(6-9)8-13/h3-6H,7-8H2,1-2H3,(H2,14,15). The van der Waals surface area contributed by atoms with Crippen LogP contribution in [0.25, 0.3) is 0 Å². The molecular formula is C12H16BrNO2. The number of amides is 1. The Morgan fingerprint density at radius 2 is 2.06 bits per heavy atom. The van der Waals surface area contributed by atoms with E-state index in [2.05, 4.69) is 22.0 Å². The van der Waals surface area contributed by atoms with Crippen LogP contribution in [0, 0.1) is 0 Å². The summed E-state index contributed by atoms with van der Waals surface area (Å²) in [6, 6.07) is 8.13. The molecule has 0 aliphatic heterocycles. The van der Waals surface area contributed by atoms with Gasteiger partial charge in [-0.25, -0.2) is 4.79 Å². The monoisotopic (exact) mass is 285 g/mol. The van der Waals surface area contributed by atoms with Gasteiger partial charge in [-0.05, 0) is 25.0 Å². The molecule has 0 saturated carbocycles. The largest absolute Gasteiger partial charge is 0.443 e. The highest BCUT2D eigenvalue weighted by atomic mass is 79.9. The van der Waals surface area contributed by atoms with Crippen molar-refractivity contribution in [2.45, 2.75) is 31.2 Å². The van der Waals surface area contributed by atoms with E-state index < -0.39 is 11.7 Å². The average molecular weight is 286 g/mol. The second kappa shape index (κ2) is 5.34. The van der Waals surface area contributed by atoms with Crippen molar-refractivity contribution in [3.05, 3.63) is 35.4 Å². The normalized spacial score (nSPS) is 11.2. The van der Waals surface area contributed by atoms with E-state index in [0.717, 1.165) is 10.9 Å². The molecule has 4 heteroatoms. The summed E-state index contributed by atoms with van der Waals surface area (Å²) in [6.07, 6.45) is -0.0850. The van der Waals surface area contributed by atoms with Crippen LogP contribution >= 0.6 is 15.9 Å². The van der Waals surface area contributed by atoms with Gasteiger partial charge in [0, 0.05) is 11.8 Å². The van der Waals surface area contributed by atoms with Crippen LogP contribution in [0.15, 0.2) is 24.3 Å². The van der Waals surface area contributed by atoms with Crippen molar-refractivity contribution in [2.75, 3.05) is 0 Å². The van der Waals surface area contributed by atoms with Gasteiger partial charge in [0.15, 0.2) is 0 Å². The summed E-state index contributed by atoms with van der Waals surface area (Å²) in [5, 5.41) is 0.817. The number of hydrogen-bond donors (Lipinski definition) is 1. The maximum Gasteiger partial charge on any atom is 0.405 e. The van der Waals surface area contributed by atoms with Gasteiger partial charge < -0.3 is 10.5 Å². The number of halogens is 1. The molecule has 0 radical (unpaired) electrons.